The van der Waals surface area contributed by atoms with Crippen LogP contribution in [0.5, 0.6) is 11.8 Å². The molecule has 0 spiro atoms. The first kappa shape index (κ1) is 11.9. The second-order valence-corrected chi connectivity index (χ2v) is 4.80. The molecule has 2 heterocycles. The van der Waals surface area contributed by atoms with Gasteiger partial charge in [0.05, 0.1) is 0 Å². The zero-order chi connectivity index (χ0) is 14.1. The van der Waals surface area contributed by atoms with Crippen LogP contribution in [0.15, 0.2) is 73.1 Å². The highest BCUT2D eigenvalue weighted by atomic mass is 16.5. The summed E-state index contributed by atoms with van der Waals surface area (Å²) >= 11 is 0. The minimum absolute atomic E-state index is 0.546. The van der Waals surface area contributed by atoms with Crippen molar-refractivity contribution in [1.82, 2.24) is 9.97 Å². The Bertz CT molecular complexity index is 920. The molecule has 0 aliphatic rings. The minimum atomic E-state index is 0.546. The average molecular weight is 272 g/mol. The molecule has 0 fully saturated rings. The van der Waals surface area contributed by atoms with Crippen molar-refractivity contribution in [2.75, 3.05) is 0 Å². The average Bonchev–Trinajstić information content (AvgIpc) is 2.56. The summed E-state index contributed by atoms with van der Waals surface area (Å²) in [6, 6.07) is 20.0. The van der Waals surface area contributed by atoms with E-state index in [2.05, 4.69) is 34.2 Å². The molecule has 0 unspecified atom stereocenters. The number of ether oxygens (including phenoxy) is 1. The number of aromatic nitrogens is 2. The van der Waals surface area contributed by atoms with Gasteiger partial charge in [0.1, 0.15) is 0 Å². The maximum atomic E-state index is 5.71. The molecule has 0 aliphatic heterocycles. The summed E-state index contributed by atoms with van der Waals surface area (Å²) in [5.41, 5.74) is 0. The lowest BCUT2D eigenvalue weighted by molar-refractivity contribution is 0.446. The summed E-state index contributed by atoms with van der Waals surface area (Å²) in [7, 11) is 0. The first-order valence-corrected chi connectivity index (χ1v) is 6.76. The van der Waals surface area contributed by atoms with Gasteiger partial charge in [0, 0.05) is 29.9 Å². The fourth-order valence-electron chi connectivity index (χ4n) is 2.45. The number of fused-ring (bicyclic) bond motifs is 3. The molecule has 0 saturated heterocycles. The zero-order valence-corrected chi connectivity index (χ0v) is 11.2. The quantitative estimate of drug-likeness (QED) is 0.501. The maximum absolute atomic E-state index is 5.71. The molecule has 0 N–H and O–H groups in total. The van der Waals surface area contributed by atoms with E-state index in [1.807, 2.05) is 42.6 Å². The summed E-state index contributed by atoms with van der Waals surface area (Å²) in [5, 5.41) is 4.64. The molecule has 3 heteroatoms. The maximum Gasteiger partial charge on any atom is 0.221 e. The van der Waals surface area contributed by atoms with E-state index in [1.54, 1.807) is 6.20 Å². The predicted octanol–water partition coefficient (Wildman–Crippen LogP) is 4.58. The number of rotatable bonds is 2. The summed E-state index contributed by atoms with van der Waals surface area (Å²) in [6.45, 7) is 0. The Kier molecular flexibility index (Phi) is 2.75. The van der Waals surface area contributed by atoms with E-state index < -0.39 is 0 Å². The molecule has 21 heavy (non-hydrogen) atoms. The van der Waals surface area contributed by atoms with Crippen molar-refractivity contribution in [2.45, 2.75) is 0 Å². The van der Waals surface area contributed by atoms with Crippen molar-refractivity contribution in [3.8, 4) is 11.8 Å². The van der Waals surface area contributed by atoms with E-state index in [4.69, 9.17) is 4.74 Å². The van der Waals surface area contributed by atoms with Crippen LogP contribution >= 0.6 is 0 Å². The molecule has 100 valence electrons. The largest absolute Gasteiger partial charge is 0.421 e. The molecule has 4 rings (SSSR count). The molecule has 0 bridgehead atoms. The van der Waals surface area contributed by atoms with Crippen LogP contribution in [0.1, 0.15) is 0 Å². The van der Waals surface area contributed by atoms with Crippen molar-refractivity contribution in [3.05, 3.63) is 73.1 Å². The summed E-state index contributed by atoms with van der Waals surface area (Å²) < 4.78 is 5.71. The Morgan fingerprint density at radius 3 is 2.43 bits per heavy atom. The SMILES string of the molecule is c1ccc(Oc2cc3c(ccc4ccccc43)cn2)nc1. The molecule has 0 aliphatic carbocycles. The van der Waals surface area contributed by atoms with E-state index in [1.165, 1.54) is 10.8 Å². The van der Waals surface area contributed by atoms with Crippen molar-refractivity contribution >= 4 is 21.5 Å². The van der Waals surface area contributed by atoms with Gasteiger partial charge in [-0.1, -0.05) is 42.5 Å². The van der Waals surface area contributed by atoms with Crippen molar-refractivity contribution in [1.29, 1.82) is 0 Å². The topological polar surface area (TPSA) is 35.0 Å². The third-order valence-corrected chi connectivity index (χ3v) is 3.45. The lowest BCUT2D eigenvalue weighted by Gasteiger charge is -2.07. The molecule has 0 saturated carbocycles. The monoisotopic (exact) mass is 272 g/mol. The van der Waals surface area contributed by atoms with Gasteiger partial charge in [0.2, 0.25) is 11.8 Å². The number of pyridine rings is 2. The van der Waals surface area contributed by atoms with E-state index in [0.29, 0.717) is 11.8 Å². The minimum Gasteiger partial charge on any atom is -0.421 e. The van der Waals surface area contributed by atoms with Crippen LogP contribution in [0.4, 0.5) is 0 Å². The second kappa shape index (κ2) is 4.87. The lowest BCUT2D eigenvalue weighted by Crippen LogP contribution is -1.90. The smallest absolute Gasteiger partial charge is 0.221 e. The van der Waals surface area contributed by atoms with Crippen LogP contribution in [-0.4, -0.2) is 9.97 Å². The number of hydrogen-bond acceptors (Lipinski definition) is 3. The molecule has 2 aromatic carbocycles. The fraction of sp³-hybridized carbons (Fsp3) is 0. The molecule has 2 aromatic heterocycles. The molecule has 0 amide bonds. The van der Waals surface area contributed by atoms with Gasteiger partial charge < -0.3 is 4.74 Å². The van der Waals surface area contributed by atoms with Crippen molar-refractivity contribution in [2.24, 2.45) is 0 Å². The third kappa shape index (κ3) is 2.19. The number of nitrogens with zero attached hydrogens (tertiary/aromatic N) is 2. The third-order valence-electron chi connectivity index (χ3n) is 3.45. The van der Waals surface area contributed by atoms with Gasteiger partial charge in [0.25, 0.3) is 0 Å². The molecular weight excluding hydrogens is 260 g/mol. The second-order valence-electron chi connectivity index (χ2n) is 4.80. The van der Waals surface area contributed by atoms with Gasteiger partial charge in [-0.25, -0.2) is 9.97 Å². The highest BCUT2D eigenvalue weighted by molar-refractivity contribution is 6.07. The van der Waals surface area contributed by atoms with E-state index in [9.17, 15) is 0 Å². The van der Waals surface area contributed by atoms with Gasteiger partial charge >= 0.3 is 0 Å². The Labute approximate surface area is 121 Å². The van der Waals surface area contributed by atoms with Gasteiger partial charge in [-0.15, -0.1) is 0 Å². The first-order valence-electron chi connectivity index (χ1n) is 6.76. The van der Waals surface area contributed by atoms with Crippen LogP contribution < -0.4 is 4.74 Å². The van der Waals surface area contributed by atoms with Gasteiger partial charge in [0.15, 0.2) is 0 Å². The first-order chi connectivity index (χ1) is 10.4. The molecule has 4 aromatic rings. The highest BCUT2D eigenvalue weighted by Crippen LogP contribution is 2.28. The Hall–Kier alpha value is -2.94. The van der Waals surface area contributed by atoms with Crippen LogP contribution in [0.25, 0.3) is 21.5 Å². The van der Waals surface area contributed by atoms with Crippen LogP contribution in [0.3, 0.4) is 0 Å². The van der Waals surface area contributed by atoms with E-state index in [-0.39, 0.29) is 0 Å². The van der Waals surface area contributed by atoms with Gasteiger partial charge in [-0.3, -0.25) is 0 Å². The standard InChI is InChI=1S/C18H12N2O/c1-2-6-15-13(5-1)8-9-14-12-20-18(11-16(14)15)21-17-7-3-4-10-19-17/h1-12H. The predicted molar refractivity (Wildman–Crippen MR) is 83.6 cm³/mol. The lowest BCUT2D eigenvalue weighted by atomic mass is 10.0. The summed E-state index contributed by atoms with van der Waals surface area (Å²) in [5.74, 6) is 1.10. The summed E-state index contributed by atoms with van der Waals surface area (Å²) in [4.78, 5) is 8.50. The van der Waals surface area contributed by atoms with Crippen molar-refractivity contribution in [3.63, 3.8) is 0 Å². The molecule has 3 nitrogen and oxygen atoms in total. The fourth-order valence-corrected chi connectivity index (χ4v) is 2.45. The van der Waals surface area contributed by atoms with Crippen LogP contribution in [0, 0.1) is 0 Å². The summed E-state index contributed by atoms with van der Waals surface area (Å²) in [6.07, 6.45) is 3.53. The van der Waals surface area contributed by atoms with Crippen molar-refractivity contribution < 1.29 is 4.74 Å². The van der Waals surface area contributed by atoms with Gasteiger partial charge in [-0.2, -0.15) is 0 Å². The molecule has 0 atom stereocenters. The number of hydrogen-bond donors (Lipinski definition) is 0. The van der Waals surface area contributed by atoms with E-state index >= 15 is 0 Å². The molecular formula is C18H12N2O. The number of benzene rings is 2. The molecule has 0 radical (unpaired) electrons. The Morgan fingerprint density at radius 2 is 1.52 bits per heavy atom. The van der Waals surface area contributed by atoms with Gasteiger partial charge in [-0.05, 0) is 22.2 Å². The zero-order valence-electron chi connectivity index (χ0n) is 11.2. The Morgan fingerprint density at radius 1 is 0.667 bits per heavy atom. The van der Waals surface area contributed by atoms with Crippen LogP contribution in [0.2, 0.25) is 0 Å². The Balaban J connectivity index is 1.86. The van der Waals surface area contributed by atoms with Crippen LogP contribution in [-0.2, 0) is 0 Å². The normalized spacial score (nSPS) is 10.9. The van der Waals surface area contributed by atoms with E-state index in [0.717, 1.165) is 10.8 Å². The highest BCUT2D eigenvalue weighted by Gasteiger charge is 2.04.